The Hall–Kier alpha value is -1.95. The molecule has 1 aliphatic carbocycles. The molecular formula is C18H22N2O3S. The van der Waals surface area contributed by atoms with Crippen molar-refractivity contribution in [1.82, 2.24) is 5.32 Å². The molecule has 3 rings (SSSR count). The molecule has 1 saturated heterocycles. The van der Waals surface area contributed by atoms with E-state index in [2.05, 4.69) is 5.32 Å². The lowest BCUT2D eigenvalue weighted by atomic mass is 9.96. The summed E-state index contributed by atoms with van der Waals surface area (Å²) in [6.45, 7) is 0. The van der Waals surface area contributed by atoms with Crippen LogP contribution >= 0.6 is 11.8 Å². The molecule has 0 bridgehead atoms. The van der Waals surface area contributed by atoms with Crippen LogP contribution in [0.4, 0.5) is 0 Å². The van der Waals surface area contributed by atoms with E-state index in [1.165, 1.54) is 31.0 Å². The first kappa shape index (κ1) is 16.9. The number of benzene rings is 1. The number of carbonyl (C=O) groups excluding carboxylic acids is 1. The van der Waals surface area contributed by atoms with Gasteiger partial charge in [0.1, 0.15) is 11.5 Å². The van der Waals surface area contributed by atoms with Crippen LogP contribution in [0.15, 0.2) is 28.1 Å². The molecule has 128 valence electrons. The van der Waals surface area contributed by atoms with Gasteiger partial charge in [-0.2, -0.15) is 0 Å². The third kappa shape index (κ3) is 3.93. The lowest BCUT2D eigenvalue weighted by molar-refractivity contribution is -0.115. The topological polar surface area (TPSA) is 59.9 Å². The van der Waals surface area contributed by atoms with Crippen LogP contribution in [0, 0.1) is 0 Å². The molecule has 0 unspecified atom stereocenters. The molecule has 1 aliphatic heterocycles. The van der Waals surface area contributed by atoms with Crippen LogP contribution < -0.4 is 14.8 Å². The second-order valence-electron chi connectivity index (χ2n) is 5.90. The molecule has 6 heteroatoms. The number of hydrogen-bond acceptors (Lipinski definition) is 5. The van der Waals surface area contributed by atoms with Gasteiger partial charge in [0.2, 0.25) is 0 Å². The molecule has 2 aliphatic rings. The minimum atomic E-state index is -0.104. The Balaban J connectivity index is 1.78. The molecule has 0 aromatic heterocycles. The average Bonchev–Trinajstić information content (AvgIpc) is 2.95. The van der Waals surface area contributed by atoms with Crippen LogP contribution in [0.2, 0.25) is 0 Å². The third-order valence-electron chi connectivity index (χ3n) is 4.25. The summed E-state index contributed by atoms with van der Waals surface area (Å²) in [5.74, 6) is 1.29. The molecule has 0 atom stereocenters. The maximum absolute atomic E-state index is 12.2. The largest absolute Gasteiger partial charge is 0.497 e. The Kier molecular flexibility index (Phi) is 5.45. The lowest BCUT2D eigenvalue weighted by Crippen LogP contribution is -2.22. The first-order valence-electron chi connectivity index (χ1n) is 8.20. The van der Waals surface area contributed by atoms with E-state index in [0.717, 1.165) is 24.2 Å². The summed E-state index contributed by atoms with van der Waals surface area (Å²) < 4.78 is 10.6. The summed E-state index contributed by atoms with van der Waals surface area (Å²) in [5, 5.41) is 3.59. The predicted molar refractivity (Wildman–Crippen MR) is 97.6 cm³/mol. The van der Waals surface area contributed by atoms with Gasteiger partial charge in [0, 0.05) is 11.6 Å². The number of nitrogens with one attached hydrogen (secondary N) is 1. The molecule has 1 amide bonds. The zero-order chi connectivity index (χ0) is 16.9. The van der Waals surface area contributed by atoms with Crippen molar-refractivity contribution < 1.29 is 14.3 Å². The highest BCUT2D eigenvalue weighted by molar-refractivity contribution is 8.18. The Morgan fingerprint density at radius 2 is 2.00 bits per heavy atom. The van der Waals surface area contributed by atoms with E-state index >= 15 is 0 Å². The summed E-state index contributed by atoms with van der Waals surface area (Å²) in [6.07, 6.45) is 7.82. The number of rotatable bonds is 4. The molecule has 1 N–H and O–H groups in total. The van der Waals surface area contributed by atoms with Crippen LogP contribution in [-0.2, 0) is 4.79 Å². The minimum Gasteiger partial charge on any atom is -0.497 e. The fourth-order valence-corrected chi connectivity index (χ4v) is 3.83. The van der Waals surface area contributed by atoms with E-state index < -0.39 is 0 Å². The Labute approximate surface area is 146 Å². The fraction of sp³-hybridized carbons (Fsp3) is 0.444. The summed E-state index contributed by atoms with van der Waals surface area (Å²) in [7, 11) is 3.22. The van der Waals surface area contributed by atoms with Crippen molar-refractivity contribution in [2.45, 2.75) is 38.1 Å². The van der Waals surface area contributed by atoms with Crippen molar-refractivity contribution >= 4 is 28.9 Å². The first-order chi connectivity index (χ1) is 11.7. The number of nitrogens with zero attached hydrogens (tertiary/aromatic N) is 1. The molecule has 1 aromatic rings. The maximum Gasteiger partial charge on any atom is 0.264 e. The third-order valence-corrected chi connectivity index (χ3v) is 5.18. The van der Waals surface area contributed by atoms with E-state index in [-0.39, 0.29) is 5.91 Å². The predicted octanol–water partition coefficient (Wildman–Crippen LogP) is 3.60. The van der Waals surface area contributed by atoms with Gasteiger partial charge in [0.05, 0.1) is 25.2 Å². The monoisotopic (exact) mass is 346 g/mol. The Bertz CT molecular complexity index is 679. The Morgan fingerprint density at radius 3 is 2.71 bits per heavy atom. The summed E-state index contributed by atoms with van der Waals surface area (Å²) in [5.41, 5.74) is 0.842. The van der Waals surface area contributed by atoms with E-state index in [1.807, 2.05) is 18.2 Å². The molecule has 24 heavy (non-hydrogen) atoms. The first-order valence-corrected chi connectivity index (χ1v) is 9.02. The van der Waals surface area contributed by atoms with Gasteiger partial charge < -0.3 is 14.8 Å². The second-order valence-corrected chi connectivity index (χ2v) is 6.93. The minimum absolute atomic E-state index is 0.104. The number of methoxy groups -OCH3 is 2. The molecule has 1 aromatic carbocycles. The van der Waals surface area contributed by atoms with Crippen LogP contribution in [0.3, 0.4) is 0 Å². The van der Waals surface area contributed by atoms with Gasteiger partial charge in [0.25, 0.3) is 5.91 Å². The van der Waals surface area contributed by atoms with Gasteiger partial charge in [-0.3, -0.25) is 9.79 Å². The fourth-order valence-electron chi connectivity index (χ4n) is 2.94. The number of amidine groups is 1. The molecule has 2 fully saturated rings. The van der Waals surface area contributed by atoms with Crippen molar-refractivity contribution in [3.63, 3.8) is 0 Å². The van der Waals surface area contributed by atoms with Crippen LogP contribution in [0.5, 0.6) is 11.5 Å². The number of carbonyl (C=O) groups is 1. The zero-order valence-electron chi connectivity index (χ0n) is 14.0. The SMILES string of the molecule is COc1ccc(/C=C2\SC(=NC3CCCCC3)NC2=O)c(OC)c1. The standard InChI is InChI=1S/C18H22N2O3S/c1-22-14-9-8-12(15(11-14)23-2)10-16-17(21)20-18(24-16)19-13-6-4-3-5-7-13/h8-11,13H,3-7H2,1-2H3,(H,19,20,21)/b16-10-. The quantitative estimate of drug-likeness (QED) is 0.846. The maximum atomic E-state index is 12.2. The Morgan fingerprint density at radius 1 is 1.21 bits per heavy atom. The summed E-state index contributed by atoms with van der Waals surface area (Å²) in [6, 6.07) is 5.88. The number of hydrogen-bond donors (Lipinski definition) is 1. The highest BCUT2D eigenvalue weighted by atomic mass is 32.2. The van der Waals surface area contributed by atoms with Crippen molar-refractivity contribution in [1.29, 1.82) is 0 Å². The van der Waals surface area contributed by atoms with Crippen molar-refractivity contribution in [2.75, 3.05) is 14.2 Å². The van der Waals surface area contributed by atoms with Gasteiger partial charge in [0.15, 0.2) is 5.17 Å². The van der Waals surface area contributed by atoms with E-state index in [4.69, 9.17) is 14.5 Å². The molecule has 5 nitrogen and oxygen atoms in total. The van der Waals surface area contributed by atoms with Gasteiger partial charge >= 0.3 is 0 Å². The lowest BCUT2D eigenvalue weighted by Gasteiger charge is -2.17. The summed E-state index contributed by atoms with van der Waals surface area (Å²) >= 11 is 1.40. The van der Waals surface area contributed by atoms with E-state index in [1.54, 1.807) is 20.3 Å². The van der Waals surface area contributed by atoms with Crippen LogP contribution in [0.1, 0.15) is 37.7 Å². The number of thioether (sulfide) groups is 1. The van der Waals surface area contributed by atoms with Crippen molar-refractivity contribution in [2.24, 2.45) is 4.99 Å². The zero-order valence-corrected chi connectivity index (χ0v) is 14.8. The van der Waals surface area contributed by atoms with Crippen LogP contribution in [-0.4, -0.2) is 31.3 Å². The van der Waals surface area contributed by atoms with Gasteiger partial charge in [-0.1, -0.05) is 19.3 Å². The van der Waals surface area contributed by atoms with E-state index in [9.17, 15) is 4.79 Å². The van der Waals surface area contributed by atoms with Gasteiger partial charge in [-0.25, -0.2) is 0 Å². The normalized spacial score (nSPS) is 22.0. The van der Waals surface area contributed by atoms with Crippen molar-refractivity contribution in [3.8, 4) is 11.5 Å². The van der Waals surface area contributed by atoms with Crippen molar-refractivity contribution in [3.05, 3.63) is 28.7 Å². The smallest absolute Gasteiger partial charge is 0.264 e. The molecule has 1 heterocycles. The summed E-state index contributed by atoms with van der Waals surface area (Å²) in [4.78, 5) is 17.5. The number of ether oxygens (including phenoxy) is 2. The highest BCUT2D eigenvalue weighted by Gasteiger charge is 2.25. The average molecular weight is 346 g/mol. The molecule has 1 saturated carbocycles. The second kappa shape index (κ2) is 7.75. The molecule has 0 spiro atoms. The van der Waals surface area contributed by atoms with Gasteiger partial charge in [-0.05, 0) is 42.8 Å². The number of amides is 1. The molecular weight excluding hydrogens is 324 g/mol. The highest BCUT2D eigenvalue weighted by Crippen LogP contribution is 2.32. The number of aliphatic imine (C=N–C) groups is 1. The van der Waals surface area contributed by atoms with E-state index in [0.29, 0.717) is 21.9 Å². The van der Waals surface area contributed by atoms with Gasteiger partial charge in [-0.15, -0.1) is 0 Å². The molecule has 0 radical (unpaired) electrons. The van der Waals surface area contributed by atoms with Crippen LogP contribution in [0.25, 0.3) is 6.08 Å².